The maximum Gasteiger partial charge on any atom is 0.460 e. The Balaban J connectivity index is 1.92. The van der Waals surface area contributed by atoms with Crippen molar-refractivity contribution in [2.75, 3.05) is 11.9 Å². The molecule has 0 amide bonds. The standard InChI is InChI=1S/C15H22N4O2/c1-2-3-4-5-6-9-12-16-15-17-19(21)14-11-8-7-10-13(14)18(15)20/h7-8,10-11H,2-6,9,12H2,1H3,(H,16,17). The molecule has 0 bridgehead atoms. The molecule has 0 spiro atoms. The first-order valence-corrected chi connectivity index (χ1v) is 7.60. The summed E-state index contributed by atoms with van der Waals surface area (Å²) in [7, 11) is 0. The van der Waals surface area contributed by atoms with E-state index >= 15 is 0 Å². The topological polar surface area (TPSA) is 78.8 Å². The zero-order chi connectivity index (χ0) is 15.1. The smallest absolute Gasteiger partial charge is 0.460 e. The van der Waals surface area contributed by atoms with Gasteiger partial charge >= 0.3 is 5.95 Å². The summed E-state index contributed by atoms with van der Waals surface area (Å²) in [5, 5.41) is 30.6. The molecular formula is C15H22N4O2. The first-order chi connectivity index (χ1) is 10.2. The highest BCUT2D eigenvalue weighted by Crippen LogP contribution is 2.07. The fourth-order valence-electron chi connectivity index (χ4n) is 2.30. The van der Waals surface area contributed by atoms with Gasteiger partial charge in [-0.1, -0.05) is 51.2 Å². The van der Waals surface area contributed by atoms with Crippen molar-refractivity contribution in [1.29, 1.82) is 0 Å². The van der Waals surface area contributed by atoms with Crippen LogP contribution in [0.3, 0.4) is 0 Å². The van der Waals surface area contributed by atoms with Gasteiger partial charge in [0, 0.05) is 10.9 Å². The van der Waals surface area contributed by atoms with Crippen molar-refractivity contribution in [1.82, 2.24) is 5.10 Å². The Morgan fingerprint density at radius 2 is 1.67 bits per heavy atom. The van der Waals surface area contributed by atoms with E-state index in [1.54, 1.807) is 24.3 Å². The van der Waals surface area contributed by atoms with E-state index < -0.39 is 0 Å². The predicted molar refractivity (Wildman–Crippen MR) is 81.5 cm³/mol. The average molecular weight is 290 g/mol. The number of hydrogen-bond acceptors (Lipinski definition) is 4. The average Bonchev–Trinajstić information content (AvgIpc) is 2.51. The number of aromatic nitrogens is 3. The molecule has 21 heavy (non-hydrogen) atoms. The monoisotopic (exact) mass is 290 g/mol. The van der Waals surface area contributed by atoms with Crippen LogP contribution in [0.1, 0.15) is 45.4 Å². The Morgan fingerprint density at radius 1 is 1.00 bits per heavy atom. The second kappa shape index (κ2) is 7.61. The summed E-state index contributed by atoms with van der Waals surface area (Å²) in [6, 6.07) is 6.64. The minimum atomic E-state index is 0.0669. The summed E-state index contributed by atoms with van der Waals surface area (Å²) in [5.74, 6) is 0.0669. The SMILES string of the molecule is CCCCCCCCNc1n[n+]([O-])c2ccccc2[n+]1[O-]. The van der Waals surface area contributed by atoms with E-state index in [-0.39, 0.29) is 11.5 Å². The molecule has 1 aromatic heterocycles. The summed E-state index contributed by atoms with van der Waals surface area (Å²) in [5.41, 5.74) is 0.602. The molecule has 0 aliphatic rings. The van der Waals surface area contributed by atoms with Gasteiger partial charge in [-0.25, -0.2) is 4.73 Å². The Hall–Kier alpha value is -2.11. The van der Waals surface area contributed by atoms with Gasteiger partial charge in [-0.05, 0) is 12.5 Å². The summed E-state index contributed by atoms with van der Waals surface area (Å²) in [6.07, 6.45) is 7.07. The van der Waals surface area contributed by atoms with Crippen LogP contribution in [-0.2, 0) is 0 Å². The minimum absolute atomic E-state index is 0.0669. The number of fused-ring (bicyclic) bond motifs is 1. The molecule has 114 valence electrons. The summed E-state index contributed by atoms with van der Waals surface area (Å²) in [4.78, 5) is 0.493. The van der Waals surface area contributed by atoms with Crippen LogP contribution in [0.2, 0.25) is 0 Å². The lowest BCUT2D eigenvalue weighted by Gasteiger charge is -2.09. The van der Waals surface area contributed by atoms with Crippen molar-refractivity contribution in [2.45, 2.75) is 45.4 Å². The molecule has 1 aromatic carbocycles. The van der Waals surface area contributed by atoms with Crippen LogP contribution in [0, 0.1) is 10.4 Å². The fraction of sp³-hybridized carbons (Fsp3) is 0.533. The van der Waals surface area contributed by atoms with Gasteiger partial charge in [-0.15, -0.1) is 0 Å². The van der Waals surface area contributed by atoms with Gasteiger partial charge in [0.1, 0.15) is 0 Å². The Labute approximate surface area is 124 Å². The summed E-state index contributed by atoms with van der Waals surface area (Å²) < 4.78 is 0.681. The van der Waals surface area contributed by atoms with Crippen LogP contribution in [0.15, 0.2) is 24.3 Å². The van der Waals surface area contributed by atoms with E-state index in [2.05, 4.69) is 17.3 Å². The van der Waals surface area contributed by atoms with Crippen LogP contribution in [-0.4, -0.2) is 11.6 Å². The lowest BCUT2D eigenvalue weighted by Crippen LogP contribution is -2.44. The van der Waals surface area contributed by atoms with Crippen LogP contribution in [0.5, 0.6) is 0 Å². The van der Waals surface area contributed by atoms with E-state index in [0.717, 1.165) is 12.8 Å². The van der Waals surface area contributed by atoms with Crippen LogP contribution >= 0.6 is 0 Å². The molecule has 2 rings (SSSR count). The van der Waals surface area contributed by atoms with Gasteiger partial charge in [-0.3, -0.25) is 5.32 Å². The maximum absolute atomic E-state index is 12.1. The van der Waals surface area contributed by atoms with Crippen LogP contribution in [0.25, 0.3) is 11.0 Å². The molecule has 2 aromatic rings. The zero-order valence-electron chi connectivity index (χ0n) is 12.4. The van der Waals surface area contributed by atoms with Crippen LogP contribution in [0.4, 0.5) is 5.95 Å². The van der Waals surface area contributed by atoms with Crippen LogP contribution < -0.4 is 14.9 Å². The van der Waals surface area contributed by atoms with Crippen molar-refractivity contribution in [2.24, 2.45) is 0 Å². The van der Waals surface area contributed by atoms with E-state index in [1.165, 1.54) is 25.7 Å². The predicted octanol–water partition coefficient (Wildman–Crippen LogP) is 2.27. The normalized spacial score (nSPS) is 10.9. The molecule has 0 saturated heterocycles. The number of anilines is 1. The Bertz CT molecular complexity index is 589. The molecule has 0 fully saturated rings. The van der Waals surface area contributed by atoms with Crippen molar-refractivity contribution in [3.8, 4) is 0 Å². The number of unbranched alkanes of at least 4 members (excludes halogenated alkanes) is 5. The Kier molecular flexibility index (Phi) is 5.54. The highest BCUT2D eigenvalue weighted by molar-refractivity contribution is 5.67. The first-order valence-electron chi connectivity index (χ1n) is 7.60. The van der Waals surface area contributed by atoms with Gasteiger partial charge in [0.2, 0.25) is 5.10 Å². The maximum atomic E-state index is 12.1. The van der Waals surface area contributed by atoms with E-state index in [0.29, 0.717) is 21.6 Å². The molecule has 0 aliphatic heterocycles. The van der Waals surface area contributed by atoms with Gasteiger partial charge in [0.05, 0.1) is 6.54 Å². The molecular weight excluding hydrogens is 268 g/mol. The van der Waals surface area contributed by atoms with Gasteiger partial charge in [-0.2, -0.15) is 0 Å². The zero-order valence-corrected chi connectivity index (χ0v) is 12.4. The molecule has 0 radical (unpaired) electrons. The lowest BCUT2D eigenvalue weighted by atomic mass is 10.1. The third kappa shape index (κ3) is 3.93. The highest BCUT2D eigenvalue weighted by atomic mass is 16.5. The molecule has 1 N–H and O–H groups in total. The largest absolute Gasteiger partial charge is 0.739 e. The summed E-state index contributed by atoms with van der Waals surface area (Å²) in [6.45, 7) is 2.85. The number of para-hydroxylation sites is 2. The third-order valence-electron chi connectivity index (χ3n) is 3.50. The number of nitrogens with zero attached hydrogens (tertiary/aromatic N) is 3. The Morgan fingerprint density at radius 3 is 2.43 bits per heavy atom. The number of rotatable bonds is 8. The molecule has 0 aliphatic carbocycles. The van der Waals surface area contributed by atoms with Crippen molar-refractivity contribution < 1.29 is 9.58 Å². The highest BCUT2D eigenvalue weighted by Gasteiger charge is 2.18. The lowest BCUT2D eigenvalue weighted by molar-refractivity contribution is -0.672. The van der Waals surface area contributed by atoms with Crippen molar-refractivity contribution in [3.05, 3.63) is 34.7 Å². The van der Waals surface area contributed by atoms with E-state index in [4.69, 9.17) is 0 Å². The fourth-order valence-corrected chi connectivity index (χ4v) is 2.30. The van der Waals surface area contributed by atoms with Gasteiger partial charge in [0.15, 0.2) is 5.52 Å². The first kappa shape index (κ1) is 15.3. The van der Waals surface area contributed by atoms with Gasteiger partial charge in [0.25, 0.3) is 5.52 Å². The van der Waals surface area contributed by atoms with Crippen molar-refractivity contribution in [3.63, 3.8) is 0 Å². The minimum Gasteiger partial charge on any atom is -0.739 e. The third-order valence-corrected chi connectivity index (χ3v) is 3.50. The number of nitrogens with one attached hydrogen (secondary N) is 1. The summed E-state index contributed by atoms with van der Waals surface area (Å²) >= 11 is 0. The molecule has 0 atom stereocenters. The molecule has 6 nitrogen and oxygen atoms in total. The van der Waals surface area contributed by atoms with E-state index in [1.807, 2.05) is 0 Å². The number of hydrogen-bond donors (Lipinski definition) is 1. The number of benzene rings is 1. The molecule has 0 saturated carbocycles. The molecule has 1 heterocycles. The second-order valence-corrected chi connectivity index (χ2v) is 5.17. The molecule has 6 heteroatoms. The van der Waals surface area contributed by atoms with E-state index in [9.17, 15) is 10.4 Å². The second-order valence-electron chi connectivity index (χ2n) is 5.17. The van der Waals surface area contributed by atoms with Gasteiger partial charge < -0.3 is 10.4 Å². The molecule has 0 unspecified atom stereocenters. The van der Waals surface area contributed by atoms with Crippen molar-refractivity contribution >= 4 is 17.0 Å². The quantitative estimate of drug-likeness (QED) is 0.459.